The topological polar surface area (TPSA) is 54.5 Å². The van der Waals surface area contributed by atoms with Crippen molar-refractivity contribution in [3.8, 4) is 0 Å². The average Bonchev–Trinajstić information content (AvgIpc) is 3.45. The van der Waals surface area contributed by atoms with E-state index in [1.165, 1.54) is 23.9 Å². The molecule has 4 rings (SSSR count). The van der Waals surface area contributed by atoms with Crippen LogP contribution in [0.25, 0.3) is 10.9 Å². The summed E-state index contributed by atoms with van der Waals surface area (Å²) >= 11 is 2.35. The van der Waals surface area contributed by atoms with Crippen LogP contribution in [0.2, 0.25) is 0 Å². The Morgan fingerprint density at radius 2 is 2.00 bits per heavy atom. The van der Waals surface area contributed by atoms with Gasteiger partial charge in [0, 0.05) is 33.9 Å². The molecule has 150 valence electrons. The van der Waals surface area contributed by atoms with E-state index in [2.05, 4.69) is 56.0 Å². The maximum absolute atomic E-state index is 12.4. The minimum atomic E-state index is -0.480. The molecule has 0 bridgehead atoms. The van der Waals surface area contributed by atoms with Crippen LogP contribution in [0, 0.1) is 15.4 Å². The standard InChI is InChI=1S/C22H28IN3O2/c1-22(2,3)28-21(27)25-16-11-15(14-6-7-14)12-26(13-16)19-9-8-18(23)20-17(19)5-4-10-24-20/h4-5,8-10,14-16H,6-7,11-13H2,1-3H3,(H,25,27)/t15-,16+/m0/s1. The number of pyridine rings is 1. The number of nitrogens with one attached hydrogen (secondary N) is 1. The van der Waals surface area contributed by atoms with Crippen molar-refractivity contribution in [1.29, 1.82) is 0 Å². The molecule has 0 unspecified atom stereocenters. The minimum Gasteiger partial charge on any atom is -0.444 e. The Morgan fingerprint density at radius 3 is 2.71 bits per heavy atom. The number of fused-ring (bicyclic) bond motifs is 1. The fourth-order valence-corrected chi connectivity index (χ4v) is 4.83. The number of hydrogen-bond acceptors (Lipinski definition) is 4. The summed E-state index contributed by atoms with van der Waals surface area (Å²) in [5.74, 6) is 1.40. The molecule has 1 saturated heterocycles. The zero-order valence-corrected chi connectivity index (χ0v) is 18.9. The van der Waals surface area contributed by atoms with E-state index in [1.54, 1.807) is 0 Å². The third-order valence-electron chi connectivity index (χ3n) is 5.53. The molecule has 1 aromatic heterocycles. The van der Waals surface area contributed by atoms with E-state index < -0.39 is 5.60 Å². The highest BCUT2D eigenvalue weighted by molar-refractivity contribution is 14.1. The van der Waals surface area contributed by atoms with Crippen LogP contribution in [0.3, 0.4) is 0 Å². The van der Waals surface area contributed by atoms with Crippen LogP contribution in [0.1, 0.15) is 40.0 Å². The van der Waals surface area contributed by atoms with Gasteiger partial charge in [-0.15, -0.1) is 0 Å². The SMILES string of the molecule is CC(C)(C)OC(=O)N[C@@H]1C[C@H](C2CC2)CN(c2ccc(I)c3ncccc23)C1. The Kier molecular flexibility index (Phi) is 5.42. The Morgan fingerprint density at radius 1 is 1.21 bits per heavy atom. The number of anilines is 1. The van der Waals surface area contributed by atoms with Crippen LogP contribution >= 0.6 is 22.6 Å². The summed E-state index contributed by atoms with van der Waals surface area (Å²) in [6, 6.07) is 8.59. The smallest absolute Gasteiger partial charge is 0.407 e. The highest BCUT2D eigenvalue weighted by atomic mass is 127. The van der Waals surface area contributed by atoms with Gasteiger partial charge in [-0.05, 0) is 98.7 Å². The monoisotopic (exact) mass is 493 g/mol. The lowest BCUT2D eigenvalue weighted by Gasteiger charge is -2.40. The first-order valence-electron chi connectivity index (χ1n) is 10.1. The second-order valence-corrected chi connectivity index (χ2v) is 10.2. The Hall–Kier alpha value is -1.57. The highest BCUT2D eigenvalue weighted by Crippen LogP contribution is 2.42. The molecule has 1 N–H and O–H groups in total. The van der Waals surface area contributed by atoms with Gasteiger partial charge < -0.3 is 15.0 Å². The first-order valence-corrected chi connectivity index (χ1v) is 11.2. The van der Waals surface area contributed by atoms with Gasteiger partial charge in [-0.3, -0.25) is 4.98 Å². The molecule has 5 nitrogen and oxygen atoms in total. The summed E-state index contributed by atoms with van der Waals surface area (Å²) in [4.78, 5) is 19.4. The van der Waals surface area contributed by atoms with E-state index >= 15 is 0 Å². The summed E-state index contributed by atoms with van der Waals surface area (Å²) in [7, 11) is 0. The van der Waals surface area contributed by atoms with E-state index in [0.29, 0.717) is 5.92 Å². The highest BCUT2D eigenvalue weighted by Gasteiger charge is 2.38. The van der Waals surface area contributed by atoms with Crippen molar-refractivity contribution in [3.63, 3.8) is 0 Å². The molecule has 2 atom stereocenters. The summed E-state index contributed by atoms with van der Waals surface area (Å²) in [6.07, 6.45) is 5.19. The lowest BCUT2D eigenvalue weighted by atomic mass is 9.89. The lowest BCUT2D eigenvalue weighted by Crippen LogP contribution is -2.52. The summed E-state index contributed by atoms with van der Waals surface area (Å²) in [5.41, 5.74) is 1.78. The van der Waals surface area contributed by atoms with Crippen LogP contribution in [-0.2, 0) is 4.74 Å². The molecule has 28 heavy (non-hydrogen) atoms. The van der Waals surface area contributed by atoms with Gasteiger partial charge >= 0.3 is 6.09 Å². The molecular weight excluding hydrogens is 465 g/mol. The predicted molar refractivity (Wildman–Crippen MR) is 121 cm³/mol. The minimum absolute atomic E-state index is 0.0974. The average molecular weight is 493 g/mol. The summed E-state index contributed by atoms with van der Waals surface area (Å²) < 4.78 is 6.66. The molecule has 2 fully saturated rings. The van der Waals surface area contributed by atoms with E-state index in [9.17, 15) is 4.79 Å². The normalized spacial score (nSPS) is 22.9. The van der Waals surface area contributed by atoms with Crippen molar-refractivity contribution in [2.75, 3.05) is 18.0 Å². The molecule has 2 heterocycles. The van der Waals surface area contributed by atoms with Crippen molar-refractivity contribution in [1.82, 2.24) is 10.3 Å². The molecule has 0 radical (unpaired) electrons. The van der Waals surface area contributed by atoms with Crippen LogP contribution < -0.4 is 10.2 Å². The summed E-state index contributed by atoms with van der Waals surface area (Å²) in [6.45, 7) is 7.54. The third-order valence-corrected chi connectivity index (χ3v) is 6.40. The maximum Gasteiger partial charge on any atom is 0.407 e. The molecule has 2 aliphatic rings. The number of alkyl carbamates (subject to hydrolysis) is 1. The fourth-order valence-electron chi connectivity index (χ4n) is 4.22. The van der Waals surface area contributed by atoms with Crippen molar-refractivity contribution in [3.05, 3.63) is 34.0 Å². The van der Waals surface area contributed by atoms with Crippen molar-refractivity contribution >= 4 is 45.3 Å². The first-order chi connectivity index (χ1) is 13.3. The number of carbonyl (C=O) groups is 1. The number of benzene rings is 1. The Labute approximate surface area is 180 Å². The van der Waals surface area contributed by atoms with Gasteiger partial charge in [-0.25, -0.2) is 4.79 Å². The number of aromatic nitrogens is 1. The number of halogens is 1. The molecule has 1 aliphatic carbocycles. The molecule has 1 amide bonds. The maximum atomic E-state index is 12.4. The Bertz CT molecular complexity index is 876. The molecule has 1 aromatic carbocycles. The summed E-state index contributed by atoms with van der Waals surface area (Å²) in [5, 5.41) is 4.31. The van der Waals surface area contributed by atoms with Gasteiger partial charge in [0.25, 0.3) is 0 Å². The van der Waals surface area contributed by atoms with Gasteiger partial charge in [-0.1, -0.05) is 0 Å². The van der Waals surface area contributed by atoms with E-state index in [1.807, 2.05) is 33.0 Å². The van der Waals surface area contributed by atoms with Crippen LogP contribution in [0.15, 0.2) is 30.5 Å². The van der Waals surface area contributed by atoms with Gasteiger partial charge in [0.2, 0.25) is 0 Å². The molecule has 0 spiro atoms. The molecule has 2 aromatic rings. The third kappa shape index (κ3) is 4.53. The van der Waals surface area contributed by atoms with Gasteiger partial charge in [-0.2, -0.15) is 0 Å². The van der Waals surface area contributed by atoms with Gasteiger partial charge in [0.05, 0.1) is 11.6 Å². The van der Waals surface area contributed by atoms with Gasteiger partial charge in [0.15, 0.2) is 0 Å². The molecule has 1 saturated carbocycles. The number of rotatable bonds is 3. The fraction of sp³-hybridized carbons (Fsp3) is 0.545. The Balaban J connectivity index is 1.58. The first kappa shape index (κ1) is 19.7. The van der Waals surface area contributed by atoms with E-state index in [0.717, 1.165) is 34.5 Å². The van der Waals surface area contributed by atoms with Crippen LogP contribution in [0.5, 0.6) is 0 Å². The second kappa shape index (κ2) is 7.69. The van der Waals surface area contributed by atoms with E-state index in [-0.39, 0.29) is 12.1 Å². The largest absolute Gasteiger partial charge is 0.444 e. The molecule has 1 aliphatic heterocycles. The number of nitrogens with zero attached hydrogens (tertiary/aromatic N) is 2. The number of amides is 1. The zero-order valence-electron chi connectivity index (χ0n) is 16.7. The van der Waals surface area contributed by atoms with Gasteiger partial charge in [0.1, 0.15) is 5.60 Å². The quantitative estimate of drug-likeness (QED) is 0.614. The van der Waals surface area contributed by atoms with E-state index in [4.69, 9.17) is 4.74 Å². The number of ether oxygens (including phenoxy) is 1. The van der Waals surface area contributed by atoms with Crippen LogP contribution in [0.4, 0.5) is 10.5 Å². The lowest BCUT2D eigenvalue weighted by molar-refractivity contribution is 0.0492. The number of hydrogen-bond donors (Lipinski definition) is 1. The van der Waals surface area contributed by atoms with Crippen molar-refractivity contribution in [2.24, 2.45) is 11.8 Å². The zero-order chi connectivity index (χ0) is 19.9. The number of carbonyl (C=O) groups excluding carboxylic acids is 1. The van der Waals surface area contributed by atoms with Crippen molar-refractivity contribution < 1.29 is 9.53 Å². The second-order valence-electron chi connectivity index (χ2n) is 9.05. The van der Waals surface area contributed by atoms with Crippen molar-refractivity contribution in [2.45, 2.75) is 51.7 Å². The number of piperidine rings is 1. The molecule has 6 heteroatoms. The molecular formula is C22H28IN3O2. The predicted octanol–water partition coefficient (Wildman–Crippen LogP) is 4.97. The van der Waals surface area contributed by atoms with Crippen LogP contribution in [-0.4, -0.2) is 35.8 Å².